The topological polar surface area (TPSA) is 78.9 Å². The van der Waals surface area contributed by atoms with Crippen molar-refractivity contribution in [2.45, 2.75) is 86.5 Å². The van der Waals surface area contributed by atoms with Crippen LogP contribution in [0.2, 0.25) is 0 Å². The molecule has 0 aromatic carbocycles. The highest BCUT2D eigenvalue weighted by Gasteiger charge is 2.66. The van der Waals surface area contributed by atoms with E-state index in [1.54, 1.807) is 6.08 Å². The van der Waals surface area contributed by atoms with Crippen LogP contribution in [0.25, 0.3) is 0 Å². The summed E-state index contributed by atoms with van der Waals surface area (Å²) in [6.45, 7) is 17.5. The summed E-state index contributed by atoms with van der Waals surface area (Å²) in [6, 6.07) is 0.0478. The Kier molecular flexibility index (Phi) is 6.31. The molecule has 0 aromatic rings. The summed E-state index contributed by atoms with van der Waals surface area (Å²) in [5.74, 6) is 0.184. The van der Waals surface area contributed by atoms with Crippen LogP contribution in [0.5, 0.6) is 0 Å². The molecule has 2 N–H and O–H groups in total. The molecule has 3 saturated carbocycles. The normalized spacial score (nSPS) is 43.0. The van der Waals surface area contributed by atoms with Crippen molar-refractivity contribution in [2.24, 2.45) is 33.0 Å². The lowest BCUT2D eigenvalue weighted by Crippen LogP contribution is -2.62. The van der Waals surface area contributed by atoms with Gasteiger partial charge in [0, 0.05) is 30.6 Å². The third-order valence-corrected chi connectivity index (χ3v) is 12.9. The zero-order chi connectivity index (χ0) is 28.7. The molecular formula is C34H48N2O4. The Bertz CT molecular complexity index is 1270. The van der Waals surface area contributed by atoms with Crippen LogP contribution in [0.3, 0.4) is 0 Å². The molecule has 0 bridgehead atoms. The lowest BCUT2D eigenvalue weighted by Gasteiger charge is -2.70. The molecule has 0 radical (unpaired) electrons. The highest BCUT2D eigenvalue weighted by Crippen LogP contribution is 2.75. The van der Waals surface area contributed by atoms with Gasteiger partial charge >= 0.3 is 6.03 Å². The molecule has 5 aliphatic carbocycles. The van der Waals surface area contributed by atoms with Gasteiger partial charge in [0.15, 0.2) is 5.76 Å². The molecule has 0 spiro atoms. The van der Waals surface area contributed by atoms with E-state index in [-0.39, 0.29) is 39.2 Å². The van der Waals surface area contributed by atoms with E-state index in [4.69, 9.17) is 4.74 Å². The van der Waals surface area contributed by atoms with Crippen molar-refractivity contribution >= 4 is 11.8 Å². The summed E-state index contributed by atoms with van der Waals surface area (Å²) in [5, 5.41) is 13.7. The van der Waals surface area contributed by atoms with E-state index in [1.807, 2.05) is 11.8 Å². The summed E-state index contributed by atoms with van der Waals surface area (Å²) in [4.78, 5) is 27.6. The van der Waals surface area contributed by atoms with Gasteiger partial charge in [0.05, 0.1) is 13.2 Å². The summed E-state index contributed by atoms with van der Waals surface area (Å²) >= 11 is 0. The van der Waals surface area contributed by atoms with Gasteiger partial charge in [-0.2, -0.15) is 0 Å². The lowest BCUT2D eigenvalue weighted by atomic mass is 9.34. The Morgan fingerprint density at radius 2 is 1.73 bits per heavy atom. The van der Waals surface area contributed by atoms with Gasteiger partial charge in [-0.3, -0.25) is 4.79 Å². The average molecular weight is 549 g/mol. The molecule has 1 saturated heterocycles. The molecule has 4 fully saturated rings. The number of urea groups is 1. The van der Waals surface area contributed by atoms with Crippen LogP contribution in [0.1, 0.15) is 86.5 Å². The Morgan fingerprint density at radius 3 is 2.45 bits per heavy atom. The maximum Gasteiger partial charge on any atom is 0.317 e. The Hall–Kier alpha value is -2.34. The minimum atomic E-state index is -0.260. The molecule has 6 aliphatic rings. The number of amides is 2. The molecule has 6 heteroatoms. The number of ether oxygens (including phenoxy) is 1. The van der Waals surface area contributed by atoms with Crippen LogP contribution < -0.4 is 5.32 Å². The number of aliphatic hydroxyl groups excluding tert-OH is 1. The van der Waals surface area contributed by atoms with Crippen molar-refractivity contribution in [2.75, 3.05) is 32.8 Å². The zero-order valence-corrected chi connectivity index (χ0v) is 25.4. The number of hydrogen-bond acceptors (Lipinski definition) is 4. The molecular weight excluding hydrogens is 500 g/mol. The van der Waals surface area contributed by atoms with E-state index >= 15 is 0 Å². The molecule has 2 amide bonds. The molecule has 6 nitrogen and oxygen atoms in total. The first-order valence-corrected chi connectivity index (χ1v) is 15.5. The first kappa shape index (κ1) is 27.8. The fraction of sp³-hybridized carbons (Fsp3) is 0.706. The van der Waals surface area contributed by atoms with Crippen molar-refractivity contribution < 1.29 is 19.4 Å². The van der Waals surface area contributed by atoms with E-state index in [1.165, 1.54) is 18.4 Å². The second-order valence-electron chi connectivity index (χ2n) is 15.1. The molecule has 6 rings (SSSR count). The number of rotatable bonds is 2. The summed E-state index contributed by atoms with van der Waals surface area (Å²) in [7, 11) is 0. The van der Waals surface area contributed by atoms with E-state index in [2.05, 4.69) is 52.1 Å². The number of aliphatic hydroxyl groups is 1. The minimum absolute atomic E-state index is 0.0164. The maximum absolute atomic E-state index is 12.9. The highest BCUT2D eigenvalue weighted by molar-refractivity contribution is 6.06. The number of ketones is 1. The average Bonchev–Trinajstić information content (AvgIpc) is 2.94. The third kappa shape index (κ3) is 3.84. The standard InChI is InChI=1S/C34H48N2O4/c1-22-23-7-8-26-32(4,24(23)19-25(37)28(22)38)12-14-34(6)27-20-30(2,9-10-31(27,3)11-13-33(26,34)5)21-35-29(39)36-15-17-40-18-16-36/h7-8,19,27,38H,9-18,20-21H2,1-6H3,(H,35,39)/t27-,30-,31-,32?,33-,34+/m1/s1. The number of nitrogens with one attached hydrogen (secondary N) is 1. The quantitative estimate of drug-likeness (QED) is 0.405. The fourth-order valence-corrected chi connectivity index (χ4v) is 9.85. The van der Waals surface area contributed by atoms with Crippen LogP contribution in [0, 0.1) is 33.0 Å². The van der Waals surface area contributed by atoms with Crippen molar-refractivity contribution in [3.8, 4) is 0 Å². The van der Waals surface area contributed by atoms with Crippen molar-refractivity contribution in [1.29, 1.82) is 0 Å². The molecule has 40 heavy (non-hydrogen) atoms. The van der Waals surface area contributed by atoms with Gasteiger partial charge in [0.25, 0.3) is 0 Å². The molecule has 218 valence electrons. The molecule has 1 heterocycles. The molecule has 1 unspecified atom stereocenters. The maximum atomic E-state index is 12.9. The van der Waals surface area contributed by atoms with Gasteiger partial charge in [0.2, 0.25) is 5.78 Å². The van der Waals surface area contributed by atoms with Gasteiger partial charge in [-0.1, -0.05) is 52.3 Å². The highest BCUT2D eigenvalue weighted by atomic mass is 16.5. The molecule has 0 aromatic heterocycles. The van der Waals surface area contributed by atoms with Gasteiger partial charge in [-0.15, -0.1) is 0 Å². The summed E-state index contributed by atoms with van der Waals surface area (Å²) < 4.78 is 5.43. The van der Waals surface area contributed by atoms with Gasteiger partial charge in [0.1, 0.15) is 0 Å². The second-order valence-corrected chi connectivity index (χ2v) is 15.1. The van der Waals surface area contributed by atoms with Crippen LogP contribution in [-0.4, -0.2) is 54.7 Å². The van der Waals surface area contributed by atoms with Crippen LogP contribution in [0.4, 0.5) is 4.79 Å². The first-order chi connectivity index (χ1) is 18.8. The molecule has 1 aliphatic heterocycles. The number of fused-ring (bicyclic) bond motifs is 7. The largest absolute Gasteiger partial charge is 0.504 e. The number of carbonyl (C=O) groups is 2. The Labute approximate surface area is 240 Å². The van der Waals surface area contributed by atoms with E-state index < -0.39 is 0 Å². The van der Waals surface area contributed by atoms with E-state index in [0.29, 0.717) is 43.2 Å². The monoisotopic (exact) mass is 548 g/mol. The van der Waals surface area contributed by atoms with E-state index in [0.717, 1.165) is 49.8 Å². The SMILES string of the molecule is CC1=C(O)C(=O)C=C2C1=CC=C1C2(C)CC[C@@]2(C)[C@@H]3C[C@](C)(CNC(=O)N4CCOCC4)CC[C@]3(C)CC[C@]12C. The predicted molar refractivity (Wildman–Crippen MR) is 157 cm³/mol. The van der Waals surface area contributed by atoms with Crippen LogP contribution in [-0.2, 0) is 9.53 Å². The van der Waals surface area contributed by atoms with Crippen LogP contribution in [0.15, 0.2) is 46.3 Å². The fourth-order valence-electron chi connectivity index (χ4n) is 9.85. The number of hydrogen-bond donors (Lipinski definition) is 2. The van der Waals surface area contributed by atoms with Gasteiger partial charge in [-0.25, -0.2) is 4.79 Å². The number of morpholine rings is 1. The number of allylic oxidation sites excluding steroid dienone is 7. The molecule has 6 atom stereocenters. The first-order valence-electron chi connectivity index (χ1n) is 15.5. The Balaban J connectivity index is 1.30. The van der Waals surface area contributed by atoms with E-state index in [9.17, 15) is 14.7 Å². The predicted octanol–water partition coefficient (Wildman–Crippen LogP) is 6.65. The lowest BCUT2D eigenvalue weighted by molar-refractivity contribution is -0.160. The number of nitrogens with zero attached hydrogens (tertiary/aromatic N) is 1. The third-order valence-electron chi connectivity index (χ3n) is 12.9. The van der Waals surface area contributed by atoms with Gasteiger partial charge < -0.3 is 20.1 Å². The minimum Gasteiger partial charge on any atom is -0.504 e. The van der Waals surface area contributed by atoms with Crippen LogP contribution >= 0.6 is 0 Å². The Morgan fingerprint density at radius 1 is 1.02 bits per heavy atom. The smallest absolute Gasteiger partial charge is 0.317 e. The number of carbonyl (C=O) groups excluding carboxylic acids is 2. The van der Waals surface area contributed by atoms with Crippen molar-refractivity contribution in [3.63, 3.8) is 0 Å². The zero-order valence-electron chi connectivity index (χ0n) is 25.4. The second kappa shape index (κ2) is 9.08. The van der Waals surface area contributed by atoms with Crippen molar-refractivity contribution in [3.05, 3.63) is 46.3 Å². The summed E-state index contributed by atoms with van der Waals surface area (Å²) in [6.07, 6.45) is 14.2. The van der Waals surface area contributed by atoms with Gasteiger partial charge in [-0.05, 0) is 96.7 Å². The van der Waals surface area contributed by atoms with Crippen molar-refractivity contribution in [1.82, 2.24) is 10.2 Å². The summed E-state index contributed by atoms with van der Waals surface area (Å²) in [5.41, 5.74) is 4.61.